The Kier molecular flexibility index (Phi) is 3.21. The Morgan fingerprint density at radius 2 is 1.88 bits per heavy atom. The van der Waals surface area contributed by atoms with Crippen LogP contribution in [0.4, 0.5) is 5.69 Å². The lowest BCUT2D eigenvalue weighted by atomic mass is 10.0. The van der Waals surface area contributed by atoms with Gasteiger partial charge in [-0.05, 0) is 13.8 Å². The number of nitro groups is 1. The predicted molar refractivity (Wildman–Crippen MR) is 57.7 cm³/mol. The lowest BCUT2D eigenvalue weighted by molar-refractivity contribution is -0.385. The average Bonchev–Trinajstić information content (AvgIpc) is 2.24. The molecule has 0 amide bonds. The van der Waals surface area contributed by atoms with Crippen LogP contribution in [0, 0.1) is 24.0 Å². The van der Waals surface area contributed by atoms with Crippen LogP contribution >= 0.6 is 0 Å². The van der Waals surface area contributed by atoms with E-state index in [2.05, 4.69) is 0 Å². The van der Waals surface area contributed by atoms with Crippen molar-refractivity contribution in [2.75, 3.05) is 7.11 Å². The highest BCUT2D eigenvalue weighted by molar-refractivity contribution is 5.98. The van der Waals surface area contributed by atoms with Crippen LogP contribution in [0.15, 0.2) is 0 Å². The Hall–Kier alpha value is -2.31. The third-order valence-electron chi connectivity index (χ3n) is 2.55. The second-order valence-corrected chi connectivity index (χ2v) is 3.42. The molecule has 0 heterocycles. The number of nitro benzene ring substituents is 1. The lowest BCUT2D eigenvalue weighted by Gasteiger charge is -2.12. The minimum absolute atomic E-state index is 0.103. The summed E-state index contributed by atoms with van der Waals surface area (Å²) in [4.78, 5) is 21.1. The molecular weight excluding hydrogens is 230 g/mol. The van der Waals surface area contributed by atoms with Crippen LogP contribution in [0.25, 0.3) is 0 Å². The Balaban J connectivity index is 3.86. The molecule has 0 aromatic heterocycles. The fourth-order valence-electron chi connectivity index (χ4n) is 1.56. The first-order chi connectivity index (χ1) is 7.82. The molecule has 0 unspecified atom stereocenters. The second-order valence-electron chi connectivity index (χ2n) is 3.42. The number of nitrogens with zero attached hydrogens (tertiary/aromatic N) is 1. The van der Waals surface area contributed by atoms with Crippen molar-refractivity contribution in [3.63, 3.8) is 0 Å². The number of carboxylic acid groups (broad SMARTS) is 1. The number of rotatable bonds is 3. The van der Waals surface area contributed by atoms with Gasteiger partial charge in [0.15, 0.2) is 17.1 Å². The van der Waals surface area contributed by atoms with Crippen LogP contribution in [-0.2, 0) is 0 Å². The number of methoxy groups -OCH3 is 1. The zero-order valence-electron chi connectivity index (χ0n) is 9.47. The highest BCUT2D eigenvalue weighted by Crippen LogP contribution is 2.42. The molecule has 0 saturated heterocycles. The van der Waals surface area contributed by atoms with Crippen molar-refractivity contribution in [1.29, 1.82) is 0 Å². The van der Waals surface area contributed by atoms with E-state index in [0.29, 0.717) is 0 Å². The van der Waals surface area contributed by atoms with Gasteiger partial charge in [-0.25, -0.2) is 4.79 Å². The SMILES string of the molecule is COc1c(O)c(C)c(C)c([N+](=O)[O-])c1C(=O)O. The number of hydrogen-bond donors (Lipinski definition) is 2. The zero-order chi connectivity index (χ0) is 13.3. The van der Waals surface area contributed by atoms with Gasteiger partial charge >= 0.3 is 5.97 Å². The summed E-state index contributed by atoms with van der Waals surface area (Å²) in [7, 11) is 1.14. The second kappa shape index (κ2) is 4.28. The number of phenols is 1. The van der Waals surface area contributed by atoms with Gasteiger partial charge in [0.2, 0.25) is 0 Å². The molecular formula is C10H11NO6. The van der Waals surface area contributed by atoms with E-state index in [1.165, 1.54) is 13.8 Å². The number of aromatic hydroxyl groups is 1. The molecule has 0 saturated carbocycles. The molecule has 92 valence electrons. The Labute approximate surface area is 96.4 Å². The van der Waals surface area contributed by atoms with Crippen LogP contribution in [0.1, 0.15) is 21.5 Å². The molecule has 0 atom stereocenters. The summed E-state index contributed by atoms with van der Waals surface area (Å²) >= 11 is 0. The number of phenolic OH excluding ortho intramolecular Hbond substituents is 1. The smallest absolute Gasteiger partial charge is 0.346 e. The number of carbonyl (C=O) groups is 1. The minimum atomic E-state index is -1.52. The maximum absolute atomic E-state index is 11.0. The Morgan fingerprint density at radius 1 is 1.35 bits per heavy atom. The average molecular weight is 241 g/mol. The highest BCUT2D eigenvalue weighted by Gasteiger charge is 2.32. The van der Waals surface area contributed by atoms with Gasteiger partial charge in [-0.2, -0.15) is 0 Å². The molecule has 1 aromatic rings. The highest BCUT2D eigenvalue weighted by atomic mass is 16.6. The van der Waals surface area contributed by atoms with Crippen LogP contribution < -0.4 is 4.74 Å². The van der Waals surface area contributed by atoms with Crippen molar-refractivity contribution in [2.45, 2.75) is 13.8 Å². The van der Waals surface area contributed by atoms with E-state index in [0.717, 1.165) is 7.11 Å². The molecule has 2 N–H and O–H groups in total. The fourth-order valence-corrected chi connectivity index (χ4v) is 1.56. The third-order valence-corrected chi connectivity index (χ3v) is 2.55. The molecule has 1 rings (SSSR count). The van der Waals surface area contributed by atoms with Crippen molar-refractivity contribution in [3.05, 3.63) is 26.8 Å². The maximum Gasteiger partial charge on any atom is 0.346 e. The lowest BCUT2D eigenvalue weighted by Crippen LogP contribution is -2.08. The standard InChI is InChI=1S/C10H11NO6/c1-4-5(2)8(12)9(17-3)6(10(13)14)7(4)11(15)16/h12H,1-3H3,(H,13,14). The van der Waals surface area contributed by atoms with Gasteiger partial charge in [0.25, 0.3) is 5.69 Å². The summed E-state index contributed by atoms with van der Waals surface area (Å²) in [5, 5.41) is 29.6. The summed E-state index contributed by atoms with van der Waals surface area (Å²) in [5.74, 6) is -2.31. The van der Waals surface area contributed by atoms with Crippen LogP contribution in [0.5, 0.6) is 11.5 Å². The Morgan fingerprint density at radius 3 is 2.24 bits per heavy atom. The van der Waals surface area contributed by atoms with Gasteiger partial charge in [-0.3, -0.25) is 10.1 Å². The van der Waals surface area contributed by atoms with E-state index in [1.807, 2.05) is 0 Å². The molecule has 0 fully saturated rings. The first kappa shape index (κ1) is 12.8. The molecule has 7 heteroatoms. The minimum Gasteiger partial charge on any atom is -0.504 e. The number of hydrogen-bond acceptors (Lipinski definition) is 5. The monoisotopic (exact) mass is 241 g/mol. The van der Waals surface area contributed by atoms with E-state index in [4.69, 9.17) is 9.84 Å². The predicted octanol–water partition coefficient (Wildman–Crippen LogP) is 1.62. The summed E-state index contributed by atoms with van der Waals surface area (Å²) in [6.45, 7) is 2.82. The molecule has 0 radical (unpaired) electrons. The van der Waals surface area contributed by atoms with Gasteiger partial charge < -0.3 is 14.9 Å². The number of ether oxygens (including phenoxy) is 1. The molecule has 0 aliphatic heterocycles. The first-order valence-corrected chi connectivity index (χ1v) is 4.60. The molecule has 0 aliphatic rings. The van der Waals surface area contributed by atoms with E-state index < -0.39 is 33.6 Å². The van der Waals surface area contributed by atoms with E-state index in [-0.39, 0.29) is 11.1 Å². The van der Waals surface area contributed by atoms with Crippen LogP contribution in [0.3, 0.4) is 0 Å². The van der Waals surface area contributed by atoms with Crippen molar-refractivity contribution >= 4 is 11.7 Å². The molecule has 0 bridgehead atoms. The summed E-state index contributed by atoms with van der Waals surface area (Å²) < 4.78 is 4.73. The summed E-state index contributed by atoms with van der Waals surface area (Å²) in [5.41, 5.74) is -0.882. The largest absolute Gasteiger partial charge is 0.504 e. The maximum atomic E-state index is 11.0. The fraction of sp³-hybridized carbons (Fsp3) is 0.300. The van der Waals surface area contributed by atoms with Gasteiger partial charge in [-0.1, -0.05) is 0 Å². The molecule has 7 nitrogen and oxygen atoms in total. The molecule has 17 heavy (non-hydrogen) atoms. The van der Waals surface area contributed by atoms with Crippen molar-refractivity contribution < 1.29 is 24.7 Å². The summed E-state index contributed by atoms with van der Waals surface area (Å²) in [6, 6.07) is 0. The number of benzene rings is 1. The summed E-state index contributed by atoms with van der Waals surface area (Å²) in [6.07, 6.45) is 0. The van der Waals surface area contributed by atoms with E-state index in [9.17, 15) is 20.0 Å². The number of aromatic carboxylic acids is 1. The van der Waals surface area contributed by atoms with Crippen LogP contribution in [-0.4, -0.2) is 28.2 Å². The van der Waals surface area contributed by atoms with E-state index in [1.54, 1.807) is 0 Å². The van der Waals surface area contributed by atoms with Crippen LogP contribution in [0.2, 0.25) is 0 Å². The van der Waals surface area contributed by atoms with Gasteiger partial charge in [0.1, 0.15) is 0 Å². The topological polar surface area (TPSA) is 110 Å². The molecule has 0 aliphatic carbocycles. The first-order valence-electron chi connectivity index (χ1n) is 4.60. The van der Waals surface area contributed by atoms with Gasteiger partial charge in [-0.15, -0.1) is 0 Å². The van der Waals surface area contributed by atoms with Crippen molar-refractivity contribution in [2.24, 2.45) is 0 Å². The van der Waals surface area contributed by atoms with E-state index >= 15 is 0 Å². The van der Waals surface area contributed by atoms with Crippen molar-refractivity contribution in [3.8, 4) is 11.5 Å². The molecule has 1 aromatic carbocycles. The normalized spacial score (nSPS) is 10.1. The van der Waals surface area contributed by atoms with Gasteiger partial charge in [0, 0.05) is 11.1 Å². The number of carboxylic acids is 1. The molecule has 0 spiro atoms. The van der Waals surface area contributed by atoms with Gasteiger partial charge in [0.05, 0.1) is 12.0 Å². The third kappa shape index (κ3) is 1.86. The Bertz CT molecular complexity index is 508. The zero-order valence-corrected chi connectivity index (χ0v) is 9.47. The van der Waals surface area contributed by atoms with Crippen molar-refractivity contribution in [1.82, 2.24) is 0 Å². The quantitative estimate of drug-likeness (QED) is 0.614.